The van der Waals surface area contributed by atoms with Crippen LogP contribution in [0.5, 0.6) is 0 Å². The zero-order valence-electron chi connectivity index (χ0n) is 23.4. The quantitative estimate of drug-likeness (QED) is 0.541. The summed E-state index contributed by atoms with van der Waals surface area (Å²) in [5.41, 5.74) is 0.414. The molecule has 0 radical (unpaired) electrons. The Morgan fingerprint density at radius 1 is 0.923 bits per heavy atom. The van der Waals surface area contributed by atoms with Crippen molar-refractivity contribution >= 4 is 22.4 Å². The third kappa shape index (κ3) is 8.54. The summed E-state index contributed by atoms with van der Waals surface area (Å²) >= 11 is 0. The molecule has 0 bridgehead atoms. The van der Waals surface area contributed by atoms with Gasteiger partial charge in [-0.25, -0.2) is 9.59 Å². The lowest BCUT2D eigenvalue weighted by Gasteiger charge is -2.39. The van der Waals surface area contributed by atoms with Crippen molar-refractivity contribution < 1.29 is 27.5 Å². The van der Waals surface area contributed by atoms with Crippen molar-refractivity contribution in [2.75, 3.05) is 58.9 Å². The lowest BCUT2D eigenvalue weighted by molar-refractivity contribution is 0.0283. The molecule has 1 atom stereocenters. The average molecular weight is 566 g/mol. The SMILES string of the molecule is CC(C)(C)OC(=O)N1CCC(CN2CCN(S(=O)(=O)N3CCC(NC(=O)OCc4ccccc4)CC3)CC2)C1. The third-order valence-electron chi connectivity index (χ3n) is 7.43. The molecular formula is C27H43N5O6S. The van der Waals surface area contributed by atoms with E-state index in [0.717, 1.165) is 18.5 Å². The fourth-order valence-corrected chi connectivity index (χ4v) is 6.93. The van der Waals surface area contributed by atoms with Crippen LogP contribution in [0.1, 0.15) is 45.6 Å². The number of rotatable bonds is 7. The monoisotopic (exact) mass is 565 g/mol. The molecule has 3 aliphatic rings. The number of nitrogens with zero attached hydrogens (tertiary/aromatic N) is 4. The smallest absolute Gasteiger partial charge is 0.410 e. The van der Waals surface area contributed by atoms with E-state index in [1.807, 2.05) is 51.1 Å². The van der Waals surface area contributed by atoms with Crippen molar-refractivity contribution in [3.05, 3.63) is 35.9 Å². The van der Waals surface area contributed by atoms with Crippen LogP contribution < -0.4 is 5.32 Å². The second kappa shape index (κ2) is 12.8. The molecule has 0 aliphatic carbocycles. The zero-order valence-corrected chi connectivity index (χ0v) is 24.2. The normalized spacial score (nSPS) is 22.5. The van der Waals surface area contributed by atoms with Gasteiger partial charge >= 0.3 is 12.2 Å². The van der Waals surface area contributed by atoms with Crippen LogP contribution >= 0.6 is 0 Å². The van der Waals surface area contributed by atoms with Gasteiger partial charge in [-0.1, -0.05) is 30.3 Å². The third-order valence-corrected chi connectivity index (χ3v) is 9.46. The van der Waals surface area contributed by atoms with Crippen molar-refractivity contribution in [1.29, 1.82) is 0 Å². The maximum Gasteiger partial charge on any atom is 0.410 e. The Morgan fingerprint density at radius 2 is 1.56 bits per heavy atom. The number of hydrogen-bond donors (Lipinski definition) is 1. The molecule has 218 valence electrons. The molecule has 0 saturated carbocycles. The van der Waals surface area contributed by atoms with Gasteiger partial charge in [0.05, 0.1) is 0 Å². The number of hydrogen-bond acceptors (Lipinski definition) is 7. The highest BCUT2D eigenvalue weighted by Gasteiger charge is 2.36. The molecule has 39 heavy (non-hydrogen) atoms. The van der Waals surface area contributed by atoms with Gasteiger partial charge in [-0.2, -0.15) is 17.0 Å². The molecule has 12 heteroatoms. The summed E-state index contributed by atoms with van der Waals surface area (Å²) in [6, 6.07) is 9.37. The number of alkyl carbamates (subject to hydrolysis) is 1. The molecule has 1 unspecified atom stereocenters. The molecule has 1 aromatic carbocycles. The topological polar surface area (TPSA) is 112 Å². The minimum Gasteiger partial charge on any atom is -0.445 e. The van der Waals surface area contributed by atoms with Crippen molar-refractivity contribution in [3.8, 4) is 0 Å². The van der Waals surface area contributed by atoms with E-state index >= 15 is 0 Å². The Hall–Kier alpha value is -2.41. The van der Waals surface area contributed by atoms with E-state index in [1.54, 1.807) is 9.21 Å². The number of likely N-dealkylation sites (tertiary alicyclic amines) is 1. The first kappa shape index (κ1) is 29.6. The van der Waals surface area contributed by atoms with Crippen LogP contribution in [0.25, 0.3) is 0 Å². The van der Waals surface area contributed by atoms with Gasteiger partial charge in [-0.15, -0.1) is 0 Å². The van der Waals surface area contributed by atoms with Gasteiger partial charge in [0.2, 0.25) is 0 Å². The predicted octanol–water partition coefficient (Wildman–Crippen LogP) is 2.50. The Balaban J connectivity index is 1.15. The van der Waals surface area contributed by atoms with Gasteiger partial charge in [0.15, 0.2) is 0 Å². The molecule has 0 spiro atoms. The molecule has 0 aromatic heterocycles. The molecule has 3 saturated heterocycles. The maximum atomic E-state index is 13.3. The molecule has 1 aromatic rings. The molecule has 2 amide bonds. The maximum absolute atomic E-state index is 13.3. The van der Waals surface area contributed by atoms with E-state index in [0.29, 0.717) is 71.1 Å². The van der Waals surface area contributed by atoms with Gasteiger partial charge in [-0.3, -0.25) is 0 Å². The lowest BCUT2D eigenvalue weighted by atomic mass is 10.1. The number of carbonyl (C=O) groups excluding carboxylic acids is 2. The fraction of sp³-hybridized carbons (Fsp3) is 0.704. The summed E-state index contributed by atoms with van der Waals surface area (Å²) in [5.74, 6) is 0.367. The first-order valence-electron chi connectivity index (χ1n) is 13.9. The number of carbonyl (C=O) groups is 2. The van der Waals surface area contributed by atoms with Crippen LogP contribution in [0.2, 0.25) is 0 Å². The first-order chi connectivity index (χ1) is 18.5. The van der Waals surface area contributed by atoms with E-state index in [1.165, 1.54) is 4.31 Å². The number of ether oxygens (including phenoxy) is 2. The standard InChI is InChI=1S/C27H43N5O6S/c1-27(2,3)38-26(34)30-12-9-23(20-30)19-29-15-17-32(18-16-29)39(35,36)31-13-10-24(11-14-31)28-25(33)37-21-22-7-5-4-6-8-22/h4-8,23-24H,9-21H2,1-3H3,(H,28,33). The summed E-state index contributed by atoms with van der Waals surface area (Å²) in [6.07, 6.45) is 1.29. The van der Waals surface area contributed by atoms with Crippen LogP contribution in [0.3, 0.4) is 0 Å². The predicted molar refractivity (Wildman–Crippen MR) is 147 cm³/mol. The average Bonchev–Trinajstić information content (AvgIpc) is 3.37. The fourth-order valence-electron chi connectivity index (χ4n) is 5.31. The van der Waals surface area contributed by atoms with Crippen LogP contribution in [0.4, 0.5) is 9.59 Å². The summed E-state index contributed by atoms with van der Waals surface area (Å²) in [4.78, 5) is 28.6. The van der Waals surface area contributed by atoms with Crippen LogP contribution in [-0.4, -0.2) is 110 Å². The molecule has 3 heterocycles. The summed E-state index contributed by atoms with van der Waals surface area (Å²) in [6.45, 7) is 11.0. The van der Waals surface area contributed by atoms with Gasteiger partial charge < -0.3 is 24.6 Å². The van der Waals surface area contributed by atoms with Crippen molar-refractivity contribution in [2.45, 2.75) is 58.3 Å². The van der Waals surface area contributed by atoms with E-state index in [2.05, 4.69) is 10.2 Å². The van der Waals surface area contributed by atoms with Crippen LogP contribution in [0, 0.1) is 5.92 Å². The minimum absolute atomic E-state index is 0.108. The Morgan fingerprint density at radius 3 is 2.21 bits per heavy atom. The van der Waals surface area contributed by atoms with E-state index < -0.39 is 21.9 Å². The molecule has 1 N–H and O–H groups in total. The number of nitrogens with one attached hydrogen (secondary N) is 1. The summed E-state index contributed by atoms with van der Waals surface area (Å²) in [5, 5.41) is 2.87. The number of piperidine rings is 1. The van der Waals surface area contributed by atoms with Crippen LogP contribution in [-0.2, 0) is 26.3 Å². The van der Waals surface area contributed by atoms with Gasteiger partial charge in [0.1, 0.15) is 12.2 Å². The molecule has 3 fully saturated rings. The van der Waals surface area contributed by atoms with Crippen molar-refractivity contribution in [1.82, 2.24) is 23.7 Å². The Kier molecular flexibility index (Phi) is 9.73. The van der Waals surface area contributed by atoms with E-state index in [4.69, 9.17) is 9.47 Å². The van der Waals surface area contributed by atoms with Gasteiger partial charge in [0.25, 0.3) is 10.2 Å². The molecule has 11 nitrogen and oxygen atoms in total. The highest BCUT2D eigenvalue weighted by Crippen LogP contribution is 2.23. The largest absolute Gasteiger partial charge is 0.445 e. The van der Waals surface area contributed by atoms with E-state index in [-0.39, 0.29) is 18.7 Å². The second-order valence-electron chi connectivity index (χ2n) is 11.7. The van der Waals surface area contributed by atoms with Gasteiger partial charge in [-0.05, 0) is 51.5 Å². The highest BCUT2D eigenvalue weighted by atomic mass is 32.2. The first-order valence-corrected chi connectivity index (χ1v) is 15.3. The molecule has 3 aliphatic heterocycles. The summed E-state index contributed by atoms with van der Waals surface area (Å²) in [7, 11) is -3.54. The second-order valence-corrected chi connectivity index (χ2v) is 13.6. The van der Waals surface area contributed by atoms with E-state index in [9.17, 15) is 18.0 Å². The molecular weight excluding hydrogens is 522 g/mol. The number of piperazine rings is 1. The zero-order chi connectivity index (χ0) is 28.0. The lowest BCUT2D eigenvalue weighted by Crippen LogP contribution is -2.56. The van der Waals surface area contributed by atoms with Crippen LogP contribution in [0.15, 0.2) is 30.3 Å². The van der Waals surface area contributed by atoms with Crippen molar-refractivity contribution in [3.63, 3.8) is 0 Å². The van der Waals surface area contributed by atoms with Gasteiger partial charge in [0, 0.05) is 64.9 Å². The number of amides is 2. The van der Waals surface area contributed by atoms with Crippen molar-refractivity contribution in [2.24, 2.45) is 5.92 Å². The summed E-state index contributed by atoms with van der Waals surface area (Å²) < 4.78 is 40.4. The minimum atomic E-state index is -3.54. The highest BCUT2D eigenvalue weighted by molar-refractivity contribution is 7.86. The number of benzene rings is 1. The molecule has 4 rings (SSSR count). The Labute approximate surface area is 232 Å². The Bertz CT molecular complexity index is 1060.